The van der Waals surface area contributed by atoms with Gasteiger partial charge in [-0.2, -0.15) is 0 Å². The monoisotopic (exact) mass is 392 g/mol. The van der Waals surface area contributed by atoms with Crippen molar-refractivity contribution in [1.29, 1.82) is 0 Å². The van der Waals surface area contributed by atoms with Crippen molar-refractivity contribution in [3.05, 3.63) is 34.9 Å². The van der Waals surface area contributed by atoms with E-state index in [-0.39, 0.29) is 17.5 Å². The van der Waals surface area contributed by atoms with Crippen LogP contribution in [0.3, 0.4) is 0 Å². The smallest absolute Gasteiger partial charge is 0.317 e. The highest BCUT2D eigenvalue weighted by molar-refractivity contribution is 6.30. The highest BCUT2D eigenvalue weighted by Crippen LogP contribution is 2.32. The molecule has 0 aliphatic carbocycles. The van der Waals surface area contributed by atoms with Crippen molar-refractivity contribution in [2.24, 2.45) is 0 Å². The van der Waals surface area contributed by atoms with Gasteiger partial charge in [-0.15, -0.1) is 0 Å². The fourth-order valence-corrected chi connectivity index (χ4v) is 4.40. The van der Waals surface area contributed by atoms with E-state index >= 15 is 0 Å². The van der Waals surface area contributed by atoms with Crippen LogP contribution in [-0.4, -0.2) is 78.5 Å². The molecule has 0 saturated carbocycles. The third kappa shape index (κ3) is 4.38. The van der Waals surface area contributed by atoms with Crippen LogP contribution < -0.4 is 5.32 Å². The minimum atomic E-state index is 0.00195. The van der Waals surface area contributed by atoms with Crippen molar-refractivity contribution in [3.8, 4) is 0 Å². The van der Waals surface area contributed by atoms with E-state index in [1.165, 1.54) is 0 Å². The van der Waals surface area contributed by atoms with Crippen LogP contribution in [0.5, 0.6) is 0 Å². The van der Waals surface area contributed by atoms with Crippen LogP contribution in [0, 0.1) is 0 Å². The SMILES string of the molecule is CCC1(N2CCN(C(=O)Cc3ccc(Cl)cc3)CC2)CCN(C(=O)NC)C1. The molecule has 2 aliphatic heterocycles. The Kier molecular flexibility index (Phi) is 6.27. The van der Waals surface area contributed by atoms with Crippen molar-refractivity contribution < 1.29 is 9.59 Å². The lowest BCUT2D eigenvalue weighted by Crippen LogP contribution is -2.59. The summed E-state index contributed by atoms with van der Waals surface area (Å²) in [7, 11) is 1.68. The molecular formula is C20H29ClN4O2. The molecule has 148 valence electrons. The number of rotatable bonds is 4. The zero-order chi connectivity index (χ0) is 19.4. The number of likely N-dealkylation sites (tertiary alicyclic amines) is 1. The second-order valence-corrected chi connectivity index (χ2v) is 7.91. The van der Waals surface area contributed by atoms with Gasteiger partial charge < -0.3 is 15.1 Å². The number of hydrogen-bond acceptors (Lipinski definition) is 3. The molecule has 7 heteroatoms. The van der Waals surface area contributed by atoms with Gasteiger partial charge in [0.15, 0.2) is 0 Å². The lowest BCUT2D eigenvalue weighted by Gasteiger charge is -2.45. The number of carbonyl (C=O) groups is 2. The topological polar surface area (TPSA) is 55.9 Å². The van der Waals surface area contributed by atoms with E-state index in [0.717, 1.165) is 57.7 Å². The summed E-state index contributed by atoms with van der Waals surface area (Å²) in [4.78, 5) is 30.9. The first-order valence-corrected chi connectivity index (χ1v) is 10.1. The predicted molar refractivity (Wildman–Crippen MR) is 107 cm³/mol. The van der Waals surface area contributed by atoms with Gasteiger partial charge in [-0.25, -0.2) is 4.79 Å². The Bertz CT molecular complexity index is 673. The Balaban J connectivity index is 1.55. The summed E-state index contributed by atoms with van der Waals surface area (Å²) in [5.41, 5.74) is 1.03. The summed E-state index contributed by atoms with van der Waals surface area (Å²) in [6, 6.07) is 7.47. The molecule has 2 aliphatic rings. The van der Waals surface area contributed by atoms with Crippen LogP contribution >= 0.6 is 11.6 Å². The third-order valence-corrected chi connectivity index (χ3v) is 6.32. The van der Waals surface area contributed by atoms with Gasteiger partial charge in [-0.05, 0) is 30.5 Å². The average molecular weight is 393 g/mol. The fourth-order valence-electron chi connectivity index (χ4n) is 4.28. The number of urea groups is 1. The molecule has 2 fully saturated rings. The minimum Gasteiger partial charge on any atom is -0.341 e. The van der Waals surface area contributed by atoms with Gasteiger partial charge in [-0.1, -0.05) is 30.7 Å². The van der Waals surface area contributed by atoms with Crippen molar-refractivity contribution in [1.82, 2.24) is 20.0 Å². The predicted octanol–water partition coefficient (Wildman–Crippen LogP) is 2.22. The summed E-state index contributed by atoms with van der Waals surface area (Å²) < 4.78 is 0. The van der Waals surface area contributed by atoms with Crippen LogP contribution in [-0.2, 0) is 11.2 Å². The summed E-state index contributed by atoms with van der Waals surface area (Å²) in [5, 5.41) is 3.41. The molecule has 3 amide bonds. The number of carbonyl (C=O) groups excluding carboxylic acids is 2. The average Bonchev–Trinajstić information content (AvgIpc) is 3.15. The molecule has 1 atom stereocenters. The summed E-state index contributed by atoms with van der Waals surface area (Å²) in [5.74, 6) is 0.168. The molecule has 0 spiro atoms. The molecule has 0 radical (unpaired) electrons. The van der Waals surface area contributed by atoms with E-state index in [1.807, 2.05) is 34.1 Å². The molecule has 2 saturated heterocycles. The van der Waals surface area contributed by atoms with Gasteiger partial charge in [-0.3, -0.25) is 9.69 Å². The third-order valence-electron chi connectivity index (χ3n) is 6.06. The molecule has 1 unspecified atom stereocenters. The number of nitrogens with one attached hydrogen (secondary N) is 1. The fraction of sp³-hybridized carbons (Fsp3) is 0.600. The molecule has 2 heterocycles. The van der Waals surface area contributed by atoms with E-state index in [1.54, 1.807) is 7.05 Å². The zero-order valence-electron chi connectivity index (χ0n) is 16.2. The molecule has 0 bridgehead atoms. The van der Waals surface area contributed by atoms with Crippen LogP contribution in [0.25, 0.3) is 0 Å². The summed E-state index contributed by atoms with van der Waals surface area (Å²) in [6.45, 7) is 6.97. The number of piperazine rings is 1. The Morgan fingerprint density at radius 3 is 2.33 bits per heavy atom. The highest BCUT2D eigenvalue weighted by atomic mass is 35.5. The van der Waals surface area contributed by atoms with Gasteiger partial charge in [0.1, 0.15) is 0 Å². The molecule has 1 aromatic carbocycles. The summed E-state index contributed by atoms with van der Waals surface area (Å²) >= 11 is 5.91. The van der Waals surface area contributed by atoms with Crippen LogP contribution in [0.15, 0.2) is 24.3 Å². The maximum atomic E-state index is 12.6. The lowest BCUT2D eigenvalue weighted by atomic mass is 9.92. The second kappa shape index (κ2) is 8.48. The van der Waals surface area contributed by atoms with Crippen molar-refractivity contribution in [2.45, 2.75) is 31.7 Å². The van der Waals surface area contributed by atoms with Crippen LogP contribution in [0.2, 0.25) is 5.02 Å². The van der Waals surface area contributed by atoms with E-state index < -0.39 is 0 Å². The first-order valence-electron chi connectivity index (χ1n) is 9.71. The first kappa shape index (κ1) is 20.0. The first-order chi connectivity index (χ1) is 13.0. The normalized spacial score (nSPS) is 23.5. The van der Waals surface area contributed by atoms with E-state index in [9.17, 15) is 9.59 Å². The minimum absolute atomic E-state index is 0.00195. The number of hydrogen-bond donors (Lipinski definition) is 1. The zero-order valence-corrected chi connectivity index (χ0v) is 17.0. The van der Waals surface area contributed by atoms with Gasteiger partial charge in [0.2, 0.25) is 5.91 Å². The largest absolute Gasteiger partial charge is 0.341 e. The van der Waals surface area contributed by atoms with Crippen molar-refractivity contribution >= 4 is 23.5 Å². The van der Waals surface area contributed by atoms with E-state index in [2.05, 4.69) is 17.1 Å². The van der Waals surface area contributed by atoms with Crippen LogP contribution in [0.1, 0.15) is 25.3 Å². The Labute approximate surface area is 166 Å². The molecule has 3 rings (SSSR count). The number of halogens is 1. The molecule has 1 aromatic rings. The van der Waals surface area contributed by atoms with Gasteiger partial charge in [0, 0.05) is 56.9 Å². The molecular weight excluding hydrogens is 364 g/mol. The van der Waals surface area contributed by atoms with Crippen molar-refractivity contribution in [3.63, 3.8) is 0 Å². The van der Waals surface area contributed by atoms with Crippen molar-refractivity contribution in [2.75, 3.05) is 46.3 Å². The Hall–Kier alpha value is -1.79. The number of nitrogens with zero attached hydrogens (tertiary/aromatic N) is 3. The standard InChI is InChI=1S/C20H29ClN4O2/c1-3-20(8-9-24(15-20)19(27)22-2)25-12-10-23(11-13-25)18(26)14-16-4-6-17(21)7-5-16/h4-7H,3,8-15H2,1-2H3,(H,22,27). The second-order valence-electron chi connectivity index (χ2n) is 7.48. The van der Waals surface area contributed by atoms with Gasteiger partial charge in [0.25, 0.3) is 0 Å². The number of benzene rings is 1. The quantitative estimate of drug-likeness (QED) is 0.854. The Morgan fingerprint density at radius 1 is 1.07 bits per heavy atom. The maximum absolute atomic E-state index is 12.6. The van der Waals surface area contributed by atoms with Gasteiger partial charge in [0.05, 0.1) is 6.42 Å². The molecule has 27 heavy (non-hydrogen) atoms. The van der Waals surface area contributed by atoms with Gasteiger partial charge >= 0.3 is 6.03 Å². The van der Waals surface area contributed by atoms with E-state index in [0.29, 0.717) is 11.4 Å². The molecule has 6 nitrogen and oxygen atoms in total. The van der Waals surface area contributed by atoms with E-state index in [4.69, 9.17) is 11.6 Å². The molecule has 1 N–H and O–H groups in total. The highest BCUT2D eigenvalue weighted by Gasteiger charge is 2.44. The molecule has 0 aromatic heterocycles. The lowest BCUT2D eigenvalue weighted by molar-refractivity contribution is -0.133. The number of amides is 3. The Morgan fingerprint density at radius 2 is 1.74 bits per heavy atom. The maximum Gasteiger partial charge on any atom is 0.317 e. The van der Waals surface area contributed by atoms with Crippen LogP contribution in [0.4, 0.5) is 4.79 Å². The summed E-state index contributed by atoms with van der Waals surface area (Å²) in [6.07, 6.45) is 2.43.